The first kappa shape index (κ1) is 11.2. The van der Waals surface area contributed by atoms with Crippen molar-refractivity contribution in [3.05, 3.63) is 35.4 Å². The van der Waals surface area contributed by atoms with E-state index in [1.54, 1.807) is 6.07 Å². The summed E-state index contributed by atoms with van der Waals surface area (Å²) in [6.45, 7) is 0.721. The summed E-state index contributed by atoms with van der Waals surface area (Å²) in [5, 5.41) is 7.94. The van der Waals surface area contributed by atoms with Crippen molar-refractivity contribution in [3.63, 3.8) is 0 Å². The lowest BCUT2D eigenvalue weighted by Gasteiger charge is -2.03. The highest BCUT2D eigenvalue weighted by molar-refractivity contribution is 7.88. The zero-order chi connectivity index (χ0) is 10.6. The number of nitrogens with two attached hydrogens (primary N) is 1. The highest BCUT2D eigenvalue weighted by atomic mass is 32.2. The van der Waals surface area contributed by atoms with Gasteiger partial charge in [-0.05, 0) is 18.2 Å². The number of nitrogens with one attached hydrogen (secondary N) is 1. The van der Waals surface area contributed by atoms with E-state index in [1.807, 2.05) is 25.2 Å². The molecule has 5 heteroatoms. The molecule has 0 saturated heterocycles. The summed E-state index contributed by atoms with van der Waals surface area (Å²) in [6.07, 6.45) is 0. The molecule has 14 heavy (non-hydrogen) atoms. The fourth-order valence-corrected chi connectivity index (χ4v) is 1.91. The molecule has 0 aliphatic heterocycles. The van der Waals surface area contributed by atoms with Crippen molar-refractivity contribution in [2.45, 2.75) is 12.3 Å². The number of benzene rings is 1. The maximum Gasteiger partial charge on any atom is 0.213 e. The van der Waals surface area contributed by atoms with Crippen LogP contribution < -0.4 is 10.5 Å². The quantitative estimate of drug-likeness (QED) is 0.751. The molecule has 0 fully saturated rings. The number of primary sulfonamides is 1. The van der Waals surface area contributed by atoms with Crippen molar-refractivity contribution in [1.82, 2.24) is 5.32 Å². The van der Waals surface area contributed by atoms with Gasteiger partial charge in [0.05, 0.1) is 5.75 Å². The molecule has 0 amide bonds. The van der Waals surface area contributed by atoms with Crippen molar-refractivity contribution < 1.29 is 8.42 Å². The van der Waals surface area contributed by atoms with Crippen molar-refractivity contribution in [2.75, 3.05) is 7.05 Å². The van der Waals surface area contributed by atoms with Crippen molar-refractivity contribution in [1.29, 1.82) is 0 Å². The lowest BCUT2D eigenvalue weighted by Crippen LogP contribution is -2.14. The lowest BCUT2D eigenvalue weighted by atomic mass is 10.1. The van der Waals surface area contributed by atoms with Gasteiger partial charge in [0.15, 0.2) is 0 Å². The molecule has 78 valence electrons. The Kier molecular flexibility index (Phi) is 3.62. The molecule has 0 saturated carbocycles. The van der Waals surface area contributed by atoms with Crippen molar-refractivity contribution in [2.24, 2.45) is 5.14 Å². The first-order valence-corrected chi connectivity index (χ1v) is 5.96. The van der Waals surface area contributed by atoms with Gasteiger partial charge in [0.2, 0.25) is 10.0 Å². The van der Waals surface area contributed by atoms with E-state index >= 15 is 0 Å². The first-order valence-electron chi connectivity index (χ1n) is 4.24. The summed E-state index contributed by atoms with van der Waals surface area (Å²) in [7, 11) is -1.59. The van der Waals surface area contributed by atoms with Crippen LogP contribution in [0.5, 0.6) is 0 Å². The molecule has 0 aliphatic rings. The highest BCUT2D eigenvalue weighted by Crippen LogP contribution is 2.07. The molecule has 4 nitrogen and oxygen atoms in total. The highest BCUT2D eigenvalue weighted by Gasteiger charge is 2.04. The first-order chi connectivity index (χ1) is 6.51. The smallest absolute Gasteiger partial charge is 0.213 e. The molecule has 3 N–H and O–H groups in total. The van der Waals surface area contributed by atoms with Crippen LogP contribution in [0.25, 0.3) is 0 Å². The summed E-state index contributed by atoms with van der Waals surface area (Å²) in [4.78, 5) is 0. The van der Waals surface area contributed by atoms with Crippen LogP contribution in [-0.4, -0.2) is 15.5 Å². The Morgan fingerprint density at radius 3 is 2.57 bits per heavy atom. The third kappa shape index (κ3) is 3.87. The molecular formula is C9H14N2O2S. The van der Waals surface area contributed by atoms with E-state index in [0.717, 1.165) is 17.7 Å². The standard InChI is InChI=1S/C9H14N2O2S/c1-11-6-8-3-2-4-9(5-8)7-14(10,12)13/h2-5,11H,6-7H2,1H3,(H2,10,12,13). The Bertz CT molecular complexity index is 401. The number of rotatable bonds is 4. The Morgan fingerprint density at radius 1 is 1.36 bits per heavy atom. The van der Waals surface area contributed by atoms with Gasteiger partial charge < -0.3 is 5.32 Å². The zero-order valence-electron chi connectivity index (χ0n) is 8.03. The summed E-state index contributed by atoms with van der Waals surface area (Å²) in [6, 6.07) is 7.35. The topological polar surface area (TPSA) is 72.2 Å². The van der Waals surface area contributed by atoms with E-state index in [-0.39, 0.29) is 5.75 Å². The van der Waals surface area contributed by atoms with Crippen LogP contribution in [0.2, 0.25) is 0 Å². The van der Waals surface area contributed by atoms with Gasteiger partial charge in [-0.2, -0.15) is 0 Å². The minimum atomic E-state index is -3.43. The second-order valence-electron chi connectivity index (χ2n) is 3.16. The minimum absolute atomic E-state index is 0.107. The van der Waals surface area contributed by atoms with Gasteiger partial charge in [-0.25, -0.2) is 13.6 Å². The van der Waals surface area contributed by atoms with Gasteiger partial charge >= 0.3 is 0 Å². The normalized spacial score (nSPS) is 11.6. The van der Waals surface area contributed by atoms with Crippen LogP contribution in [0.3, 0.4) is 0 Å². The molecule has 1 aromatic carbocycles. The van der Waals surface area contributed by atoms with E-state index in [0.29, 0.717) is 0 Å². The zero-order valence-corrected chi connectivity index (χ0v) is 8.84. The number of sulfonamides is 1. The molecule has 1 aromatic rings. The van der Waals surface area contributed by atoms with Gasteiger partial charge in [0, 0.05) is 6.54 Å². The largest absolute Gasteiger partial charge is 0.316 e. The fraction of sp³-hybridized carbons (Fsp3) is 0.333. The Labute approximate surface area is 84.2 Å². The Morgan fingerprint density at radius 2 is 2.00 bits per heavy atom. The van der Waals surface area contributed by atoms with E-state index in [2.05, 4.69) is 5.32 Å². The van der Waals surface area contributed by atoms with Crippen LogP contribution in [0.1, 0.15) is 11.1 Å². The monoisotopic (exact) mass is 214 g/mol. The third-order valence-electron chi connectivity index (χ3n) is 1.74. The van der Waals surface area contributed by atoms with Crippen LogP contribution in [0.15, 0.2) is 24.3 Å². The second kappa shape index (κ2) is 4.54. The van der Waals surface area contributed by atoms with Crippen molar-refractivity contribution >= 4 is 10.0 Å². The maximum absolute atomic E-state index is 10.8. The molecular weight excluding hydrogens is 200 g/mol. The fourth-order valence-electron chi connectivity index (χ4n) is 1.27. The maximum atomic E-state index is 10.8. The van der Waals surface area contributed by atoms with E-state index < -0.39 is 10.0 Å². The number of hydrogen-bond donors (Lipinski definition) is 2. The van der Waals surface area contributed by atoms with Crippen LogP contribution in [0, 0.1) is 0 Å². The minimum Gasteiger partial charge on any atom is -0.316 e. The van der Waals surface area contributed by atoms with Gasteiger partial charge in [-0.15, -0.1) is 0 Å². The molecule has 1 rings (SSSR count). The molecule has 0 bridgehead atoms. The molecule has 0 aromatic heterocycles. The third-order valence-corrected chi connectivity index (χ3v) is 2.48. The molecule has 0 aliphatic carbocycles. The predicted octanol–water partition coefficient (Wildman–Crippen LogP) is 0.195. The average Bonchev–Trinajstić information content (AvgIpc) is 2.02. The van der Waals surface area contributed by atoms with Gasteiger partial charge in [0.25, 0.3) is 0 Å². The van der Waals surface area contributed by atoms with E-state index in [9.17, 15) is 8.42 Å². The number of hydrogen-bond acceptors (Lipinski definition) is 3. The molecule has 0 radical (unpaired) electrons. The molecule has 0 unspecified atom stereocenters. The molecule has 0 atom stereocenters. The lowest BCUT2D eigenvalue weighted by molar-refractivity contribution is 0.597. The van der Waals surface area contributed by atoms with Gasteiger partial charge in [0.1, 0.15) is 0 Å². The van der Waals surface area contributed by atoms with Crippen LogP contribution in [0.4, 0.5) is 0 Å². The summed E-state index contributed by atoms with van der Waals surface area (Å²) in [5.74, 6) is -0.107. The Balaban J connectivity index is 2.83. The molecule has 0 spiro atoms. The second-order valence-corrected chi connectivity index (χ2v) is 4.77. The van der Waals surface area contributed by atoms with Gasteiger partial charge in [-0.3, -0.25) is 0 Å². The van der Waals surface area contributed by atoms with Crippen LogP contribution in [-0.2, 0) is 22.3 Å². The summed E-state index contributed by atoms with van der Waals surface area (Å²) in [5.41, 5.74) is 1.77. The summed E-state index contributed by atoms with van der Waals surface area (Å²) >= 11 is 0. The predicted molar refractivity (Wildman–Crippen MR) is 56.0 cm³/mol. The van der Waals surface area contributed by atoms with Crippen molar-refractivity contribution in [3.8, 4) is 0 Å². The summed E-state index contributed by atoms with van der Waals surface area (Å²) < 4.78 is 21.7. The molecule has 0 heterocycles. The Hall–Kier alpha value is -0.910. The average molecular weight is 214 g/mol. The SMILES string of the molecule is CNCc1cccc(CS(N)(=O)=O)c1. The van der Waals surface area contributed by atoms with Gasteiger partial charge in [-0.1, -0.05) is 24.3 Å². The van der Waals surface area contributed by atoms with E-state index in [4.69, 9.17) is 5.14 Å². The van der Waals surface area contributed by atoms with E-state index in [1.165, 1.54) is 0 Å². The van der Waals surface area contributed by atoms with Crippen LogP contribution >= 0.6 is 0 Å².